The summed E-state index contributed by atoms with van der Waals surface area (Å²) >= 11 is 0. The van der Waals surface area contributed by atoms with E-state index in [1.54, 1.807) is 13.8 Å². The molecule has 3 rings (SSSR count). The molecule has 0 saturated heterocycles. The SMILES string of the molecule is COC(=O)Oc1c(C)c(C)nc2ccc(Oc3ccc(C(F)(F)F)nc3)c(F)c12. The fraction of sp³-hybridized carbons (Fsp3) is 0.211. The van der Waals surface area contributed by atoms with E-state index < -0.39 is 23.8 Å². The van der Waals surface area contributed by atoms with Gasteiger partial charge in [0, 0.05) is 11.3 Å². The second kappa shape index (κ2) is 7.53. The standard InChI is InChI=1S/C19H14F4N2O4/c1-9-10(2)25-12-5-6-13(16(20)15(12)17(9)29-18(26)27-3)28-11-4-7-14(24-8-11)19(21,22)23/h4-8H,1-3H3. The highest BCUT2D eigenvalue weighted by Gasteiger charge is 2.32. The largest absolute Gasteiger partial charge is 0.513 e. The average molecular weight is 410 g/mol. The van der Waals surface area contributed by atoms with Crippen molar-refractivity contribution in [3.8, 4) is 17.2 Å². The normalized spacial score (nSPS) is 11.4. The molecule has 0 saturated carbocycles. The highest BCUT2D eigenvalue weighted by molar-refractivity contribution is 5.90. The number of alkyl halides is 3. The van der Waals surface area contributed by atoms with Gasteiger partial charge in [0.2, 0.25) is 0 Å². The summed E-state index contributed by atoms with van der Waals surface area (Å²) in [4.78, 5) is 19.1. The summed E-state index contributed by atoms with van der Waals surface area (Å²) < 4.78 is 67.9. The van der Waals surface area contributed by atoms with Gasteiger partial charge >= 0.3 is 12.3 Å². The molecule has 0 aliphatic heterocycles. The third kappa shape index (κ3) is 4.05. The third-order valence-electron chi connectivity index (χ3n) is 4.09. The molecular weight excluding hydrogens is 396 g/mol. The van der Waals surface area contributed by atoms with E-state index in [9.17, 15) is 18.0 Å². The van der Waals surface area contributed by atoms with E-state index in [-0.39, 0.29) is 28.2 Å². The number of aryl methyl sites for hydroxylation is 1. The minimum Gasteiger partial charge on any atom is -0.453 e. The van der Waals surface area contributed by atoms with Crippen molar-refractivity contribution >= 4 is 17.1 Å². The molecule has 1 aromatic carbocycles. The Labute approximate surface area is 162 Å². The van der Waals surface area contributed by atoms with E-state index in [2.05, 4.69) is 14.7 Å². The van der Waals surface area contributed by atoms with Crippen molar-refractivity contribution in [2.75, 3.05) is 7.11 Å². The van der Waals surface area contributed by atoms with Crippen molar-refractivity contribution < 1.29 is 36.6 Å². The zero-order valence-corrected chi connectivity index (χ0v) is 15.4. The van der Waals surface area contributed by atoms with Crippen LogP contribution in [0.15, 0.2) is 30.5 Å². The summed E-state index contributed by atoms with van der Waals surface area (Å²) in [5.74, 6) is -1.41. The maximum Gasteiger partial charge on any atom is 0.513 e. The third-order valence-corrected chi connectivity index (χ3v) is 4.09. The molecule has 0 fully saturated rings. The first-order valence-electron chi connectivity index (χ1n) is 8.18. The molecule has 0 bridgehead atoms. The molecule has 29 heavy (non-hydrogen) atoms. The summed E-state index contributed by atoms with van der Waals surface area (Å²) in [6.45, 7) is 3.25. The number of hydrogen-bond donors (Lipinski definition) is 0. The van der Waals surface area contributed by atoms with Gasteiger partial charge < -0.3 is 14.2 Å². The van der Waals surface area contributed by atoms with Gasteiger partial charge in [0.05, 0.1) is 24.2 Å². The molecule has 10 heteroatoms. The lowest BCUT2D eigenvalue weighted by atomic mass is 10.1. The Morgan fingerprint density at radius 1 is 1.10 bits per heavy atom. The Morgan fingerprint density at radius 2 is 1.83 bits per heavy atom. The van der Waals surface area contributed by atoms with E-state index >= 15 is 4.39 Å². The van der Waals surface area contributed by atoms with Gasteiger partial charge in [-0.2, -0.15) is 13.2 Å². The van der Waals surface area contributed by atoms with Crippen LogP contribution < -0.4 is 9.47 Å². The molecule has 6 nitrogen and oxygen atoms in total. The topological polar surface area (TPSA) is 70.5 Å². The van der Waals surface area contributed by atoms with Crippen LogP contribution in [0.1, 0.15) is 17.0 Å². The number of benzene rings is 1. The maximum atomic E-state index is 15.2. The number of hydrogen-bond acceptors (Lipinski definition) is 6. The summed E-state index contributed by atoms with van der Waals surface area (Å²) in [6.07, 6.45) is -4.82. The molecule has 0 spiro atoms. The lowest BCUT2D eigenvalue weighted by molar-refractivity contribution is -0.141. The Hall–Kier alpha value is -3.43. The van der Waals surface area contributed by atoms with Gasteiger partial charge in [-0.3, -0.25) is 4.98 Å². The number of ether oxygens (including phenoxy) is 3. The summed E-state index contributed by atoms with van der Waals surface area (Å²) in [5.41, 5.74) is 0.0156. The Kier molecular flexibility index (Phi) is 5.27. The molecule has 3 aromatic rings. The van der Waals surface area contributed by atoms with Crippen LogP contribution in [0, 0.1) is 19.7 Å². The fourth-order valence-electron chi connectivity index (χ4n) is 2.54. The number of carbonyl (C=O) groups is 1. The molecule has 152 valence electrons. The number of fused-ring (bicyclic) bond motifs is 1. The monoisotopic (exact) mass is 410 g/mol. The van der Waals surface area contributed by atoms with Gasteiger partial charge in [0.15, 0.2) is 17.3 Å². The molecule has 0 aliphatic rings. The van der Waals surface area contributed by atoms with Gasteiger partial charge in [0.25, 0.3) is 0 Å². The highest BCUT2D eigenvalue weighted by Crippen LogP contribution is 2.38. The van der Waals surface area contributed by atoms with Crippen LogP contribution in [0.2, 0.25) is 0 Å². The lowest BCUT2D eigenvalue weighted by Gasteiger charge is -2.14. The van der Waals surface area contributed by atoms with Crippen molar-refractivity contribution in [1.82, 2.24) is 9.97 Å². The molecule has 0 amide bonds. The fourth-order valence-corrected chi connectivity index (χ4v) is 2.54. The highest BCUT2D eigenvalue weighted by atomic mass is 19.4. The molecule has 2 aromatic heterocycles. The predicted molar refractivity (Wildman–Crippen MR) is 93.5 cm³/mol. The Bertz CT molecular complexity index is 1080. The quantitative estimate of drug-likeness (QED) is 0.429. The zero-order chi connectivity index (χ0) is 21.3. The predicted octanol–water partition coefficient (Wildman–Crippen LogP) is 5.34. The number of halogens is 4. The van der Waals surface area contributed by atoms with Crippen molar-refractivity contribution in [3.63, 3.8) is 0 Å². The van der Waals surface area contributed by atoms with Crippen LogP contribution in [0.5, 0.6) is 17.2 Å². The number of aromatic nitrogens is 2. The van der Waals surface area contributed by atoms with Crippen LogP contribution in [0.3, 0.4) is 0 Å². The van der Waals surface area contributed by atoms with Crippen LogP contribution in [0.4, 0.5) is 22.4 Å². The number of methoxy groups -OCH3 is 1. The molecule has 0 aliphatic carbocycles. The van der Waals surface area contributed by atoms with Crippen molar-refractivity contribution in [2.24, 2.45) is 0 Å². The van der Waals surface area contributed by atoms with Gasteiger partial charge in [-0.15, -0.1) is 0 Å². The van der Waals surface area contributed by atoms with Crippen LogP contribution in [-0.2, 0) is 10.9 Å². The first-order chi connectivity index (χ1) is 13.6. The van der Waals surface area contributed by atoms with Crippen LogP contribution in [-0.4, -0.2) is 23.2 Å². The first kappa shape index (κ1) is 20.3. The second-order valence-electron chi connectivity index (χ2n) is 5.96. The van der Waals surface area contributed by atoms with Crippen LogP contribution in [0.25, 0.3) is 10.9 Å². The minimum atomic E-state index is -4.60. The van der Waals surface area contributed by atoms with E-state index in [4.69, 9.17) is 9.47 Å². The molecule has 0 atom stereocenters. The van der Waals surface area contributed by atoms with Gasteiger partial charge in [-0.05, 0) is 38.1 Å². The molecular formula is C19H14F4N2O4. The number of pyridine rings is 2. The Morgan fingerprint density at radius 3 is 2.41 bits per heavy atom. The molecule has 0 radical (unpaired) electrons. The zero-order valence-electron chi connectivity index (χ0n) is 15.4. The lowest BCUT2D eigenvalue weighted by Crippen LogP contribution is -2.10. The smallest absolute Gasteiger partial charge is 0.453 e. The maximum absolute atomic E-state index is 15.2. The summed E-state index contributed by atoms with van der Waals surface area (Å²) in [5, 5.41) is -0.129. The van der Waals surface area contributed by atoms with Gasteiger partial charge in [-0.25, -0.2) is 14.2 Å². The van der Waals surface area contributed by atoms with Crippen molar-refractivity contribution in [1.29, 1.82) is 0 Å². The average Bonchev–Trinajstić information content (AvgIpc) is 2.67. The first-order valence-corrected chi connectivity index (χ1v) is 8.18. The molecule has 0 N–H and O–H groups in total. The summed E-state index contributed by atoms with van der Waals surface area (Å²) in [7, 11) is 1.11. The van der Waals surface area contributed by atoms with Crippen molar-refractivity contribution in [3.05, 3.63) is 53.2 Å². The van der Waals surface area contributed by atoms with Gasteiger partial charge in [-0.1, -0.05) is 0 Å². The molecule has 0 unspecified atom stereocenters. The van der Waals surface area contributed by atoms with E-state index in [0.717, 1.165) is 25.4 Å². The van der Waals surface area contributed by atoms with E-state index in [0.29, 0.717) is 11.3 Å². The minimum absolute atomic E-state index is 0.0900. The number of nitrogens with zero attached hydrogens (tertiary/aromatic N) is 2. The van der Waals surface area contributed by atoms with E-state index in [1.807, 2.05) is 0 Å². The molecule has 2 heterocycles. The van der Waals surface area contributed by atoms with Crippen molar-refractivity contribution in [2.45, 2.75) is 20.0 Å². The second-order valence-corrected chi connectivity index (χ2v) is 5.96. The number of rotatable bonds is 3. The Balaban J connectivity index is 2.06. The van der Waals surface area contributed by atoms with E-state index in [1.165, 1.54) is 12.1 Å². The van der Waals surface area contributed by atoms with Gasteiger partial charge in [0.1, 0.15) is 11.4 Å². The van der Waals surface area contributed by atoms with Crippen LogP contribution >= 0.6 is 0 Å². The summed E-state index contributed by atoms with van der Waals surface area (Å²) in [6, 6.07) is 4.43. The number of carbonyl (C=O) groups excluding carboxylic acids is 1.